The summed E-state index contributed by atoms with van der Waals surface area (Å²) in [7, 11) is 0. The van der Waals surface area contributed by atoms with Gasteiger partial charge in [0.1, 0.15) is 24.8 Å². The largest absolute Gasteiger partial charge is 0.508 e. The summed E-state index contributed by atoms with van der Waals surface area (Å²) in [6.07, 6.45) is -1.29. The van der Waals surface area contributed by atoms with Crippen LogP contribution in [0.1, 0.15) is 10.4 Å². The Morgan fingerprint density at radius 2 is 1.94 bits per heavy atom. The fourth-order valence-corrected chi connectivity index (χ4v) is 1.07. The van der Waals surface area contributed by atoms with Crippen molar-refractivity contribution < 1.29 is 28.5 Å². The number of halogens is 2. The number of hydrogen-bond acceptors (Lipinski definition) is 3. The molecular weight excluding hydrogens is 222 g/mol. The first-order valence-electron chi connectivity index (χ1n) is 4.42. The number of benzene rings is 1. The first-order chi connectivity index (χ1) is 7.56. The van der Waals surface area contributed by atoms with E-state index in [9.17, 15) is 18.7 Å². The second kappa shape index (κ2) is 5.29. The number of aromatic carboxylic acids is 1. The molecule has 0 saturated carbocycles. The molecule has 1 rings (SSSR count). The van der Waals surface area contributed by atoms with Crippen molar-refractivity contribution in [3.63, 3.8) is 0 Å². The minimum absolute atomic E-state index is 0.0855. The molecule has 0 aliphatic heterocycles. The minimum atomic E-state index is -1.29. The average molecular weight is 232 g/mol. The van der Waals surface area contributed by atoms with Crippen LogP contribution in [0.25, 0.3) is 0 Å². The van der Waals surface area contributed by atoms with Crippen LogP contribution >= 0.6 is 0 Å². The topological polar surface area (TPSA) is 66.8 Å². The van der Waals surface area contributed by atoms with Crippen LogP contribution < -0.4 is 4.74 Å². The number of phenols is 1. The molecule has 4 nitrogen and oxygen atoms in total. The van der Waals surface area contributed by atoms with Gasteiger partial charge in [0.25, 0.3) is 0 Å². The second-order valence-corrected chi connectivity index (χ2v) is 3.07. The lowest BCUT2D eigenvalue weighted by Gasteiger charge is -2.13. The summed E-state index contributed by atoms with van der Waals surface area (Å²) in [5.74, 6) is -1.69. The van der Waals surface area contributed by atoms with Gasteiger partial charge in [-0.2, -0.15) is 0 Å². The molecule has 0 bridgehead atoms. The minimum Gasteiger partial charge on any atom is -0.508 e. The van der Waals surface area contributed by atoms with Gasteiger partial charge in [-0.3, -0.25) is 0 Å². The zero-order valence-electron chi connectivity index (χ0n) is 8.19. The average Bonchev–Trinajstić information content (AvgIpc) is 2.25. The molecule has 0 unspecified atom stereocenters. The molecule has 0 aromatic heterocycles. The van der Waals surface area contributed by atoms with Crippen LogP contribution in [0.15, 0.2) is 18.2 Å². The van der Waals surface area contributed by atoms with E-state index in [1.54, 1.807) is 0 Å². The highest BCUT2D eigenvalue weighted by Crippen LogP contribution is 2.23. The number of alkyl halides is 2. The van der Waals surface area contributed by atoms with Gasteiger partial charge in [0.15, 0.2) is 6.10 Å². The molecule has 0 heterocycles. The van der Waals surface area contributed by atoms with Crippen molar-refractivity contribution in [3.05, 3.63) is 23.8 Å². The van der Waals surface area contributed by atoms with Crippen LogP contribution in [0.2, 0.25) is 0 Å². The lowest BCUT2D eigenvalue weighted by molar-refractivity contribution is 0.0695. The first-order valence-corrected chi connectivity index (χ1v) is 4.42. The molecule has 0 saturated heterocycles. The van der Waals surface area contributed by atoms with Crippen LogP contribution in [-0.2, 0) is 0 Å². The zero-order chi connectivity index (χ0) is 12.1. The lowest BCUT2D eigenvalue weighted by Crippen LogP contribution is -2.21. The molecule has 0 amide bonds. The van der Waals surface area contributed by atoms with Crippen molar-refractivity contribution in [1.29, 1.82) is 0 Å². The molecule has 1 aromatic carbocycles. The molecule has 0 fully saturated rings. The van der Waals surface area contributed by atoms with E-state index in [1.807, 2.05) is 0 Å². The predicted octanol–water partition coefficient (Wildman–Crippen LogP) is 1.78. The molecule has 0 spiro atoms. The van der Waals surface area contributed by atoms with Gasteiger partial charge in [-0.15, -0.1) is 0 Å². The highest BCUT2D eigenvalue weighted by molar-refractivity contribution is 5.88. The van der Waals surface area contributed by atoms with Crippen molar-refractivity contribution in [2.24, 2.45) is 0 Å². The Labute approximate surface area is 90.1 Å². The predicted molar refractivity (Wildman–Crippen MR) is 51.4 cm³/mol. The van der Waals surface area contributed by atoms with Gasteiger partial charge < -0.3 is 14.9 Å². The first kappa shape index (κ1) is 12.2. The Kier molecular flexibility index (Phi) is 4.04. The second-order valence-electron chi connectivity index (χ2n) is 3.07. The molecule has 16 heavy (non-hydrogen) atoms. The van der Waals surface area contributed by atoms with Crippen LogP contribution in [0.3, 0.4) is 0 Å². The number of carboxylic acids is 1. The molecule has 6 heteroatoms. The summed E-state index contributed by atoms with van der Waals surface area (Å²) in [4.78, 5) is 10.6. The number of phenolic OH excluding ortho intramolecular Hbond substituents is 1. The van der Waals surface area contributed by atoms with Crippen LogP contribution in [-0.4, -0.2) is 35.6 Å². The molecule has 88 valence electrons. The summed E-state index contributed by atoms with van der Waals surface area (Å²) >= 11 is 0. The molecular formula is C10H10F2O4. The molecule has 0 atom stereocenters. The monoisotopic (exact) mass is 232 g/mol. The van der Waals surface area contributed by atoms with Crippen LogP contribution in [0.4, 0.5) is 8.78 Å². The molecule has 1 aromatic rings. The van der Waals surface area contributed by atoms with Crippen LogP contribution in [0, 0.1) is 0 Å². The lowest BCUT2D eigenvalue weighted by atomic mass is 10.2. The third-order valence-corrected chi connectivity index (χ3v) is 1.79. The van der Waals surface area contributed by atoms with Gasteiger partial charge in [0.05, 0.1) is 5.56 Å². The van der Waals surface area contributed by atoms with Gasteiger partial charge in [0.2, 0.25) is 0 Å². The fourth-order valence-electron chi connectivity index (χ4n) is 1.07. The Balaban J connectivity index is 2.91. The molecule has 2 N–H and O–H groups in total. The number of carbonyl (C=O) groups is 1. The maximum Gasteiger partial charge on any atom is 0.335 e. The van der Waals surface area contributed by atoms with E-state index in [-0.39, 0.29) is 17.1 Å². The van der Waals surface area contributed by atoms with Crippen molar-refractivity contribution in [2.45, 2.75) is 6.10 Å². The van der Waals surface area contributed by atoms with Crippen LogP contribution in [0.5, 0.6) is 11.5 Å². The Bertz CT molecular complexity index is 377. The fraction of sp³-hybridized carbons (Fsp3) is 0.300. The summed E-state index contributed by atoms with van der Waals surface area (Å²) in [6.45, 7) is -2.07. The maximum atomic E-state index is 12.2. The summed E-state index contributed by atoms with van der Waals surface area (Å²) in [5, 5.41) is 17.8. The van der Waals surface area contributed by atoms with Crippen molar-refractivity contribution in [1.82, 2.24) is 0 Å². The van der Waals surface area contributed by atoms with Gasteiger partial charge in [-0.25, -0.2) is 13.6 Å². The zero-order valence-corrected chi connectivity index (χ0v) is 8.19. The molecule has 0 aliphatic rings. The van der Waals surface area contributed by atoms with E-state index >= 15 is 0 Å². The molecule has 0 radical (unpaired) electrons. The maximum absolute atomic E-state index is 12.2. The normalized spacial score (nSPS) is 10.4. The van der Waals surface area contributed by atoms with Crippen molar-refractivity contribution in [3.8, 4) is 11.5 Å². The highest BCUT2D eigenvalue weighted by atomic mass is 19.1. The van der Waals surface area contributed by atoms with Gasteiger partial charge >= 0.3 is 5.97 Å². The van der Waals surface area contributed by atoms with E-state index in [1.165, 1.54) is 0 Å². The summed E-state index contributed by atoms with van der Waals surface area (Å²) in [5.41, 5.74) is -0.216. The van der Waals surface area contributed by atoms with Crippen molar-refractivity contribution >= 4 is 5.97 Å². The number of ether oxygens (including phenoxy) is 1. The number of aromatic hydroxyl groups is 1. The van der Waals surface area contributed by atoms with E-state index in [4.69, 9.17) is 9.84 Å². The standard InChI is InChI=1S/C10H10F2O4/c11-4-9(5-12)16-8-2-6(10(14)15)1-7(13)3-8/h1-3,9,13H,4-5H2,(H,14,15). The van der Waals surface area contributed by atoms with E-state index in [2.05, 4.69) is 0 Å². The van der Waals surface area contributed by atoms with E-state index < -0.39 is 25.4 Å². The van der Waals surface area contributed by atoms with E-state index in [0.717, 1.165) is 18.2 Å². The number of hydrogen-bond donors (Lipinski definition) is 2. The smallest absolute Gasteiger partial charge is 0.335 e. The quantitative estimate of drug-likeness (QED) is 0.812. The Hall–Kier alpha value is -1.85. The van der Waals surface area contributed by atoms with Gasteiger partial charge in [-0.05, 0) is 12.1 Å². The molecule has 0 aliphatic carbocycles. The summed E-state index contributed by atoms with van der Waals surface area (Å²) in [6, 6.07) is 3.18. The van der Waals surface area contributed by atoms with E-state index in [0.29, 0.717) is 0 Å². The van der Waals surface area contributed by atoms with Crippen molar-refractivity contribution in [2.75, 3.05) is 13.3 Å². The SMILES string of the molecule is O=C(O)c1cc(O)cc(OC(CF)CF)c1. The van der Waals surface area contributed by atoms with Gasteiger partial charge in [-0.1, -0.05) is 0 Å². The third-order valence-electron chi connectivity index (χ3n) is 1.79. The third kappa shape index (κ3) is 3.08. The number of rotatable bonds is 5. The Morgan fingerprint density at radius 1 is 1.31 bits per heavy atom. The highest BCUT2D eigenvalue weighted by Gasteiger charge is 2.12. The van der Waals surface area contributed by atoms with Gasteiger partial charge in [0, 0.05) is 6.07 Å². The summed E-state index contributed by atoms with van der Waals surface area (Å²) < 4.78 is 29.1. The Morgan fingerprint density at radius 3 is 2.44 bits per heavy atom. The number of carboxylic acid groups (broad SMARTS) is 1.